The van der Waals surface area contributed by atoms with E-state index >= 15 is 0 Å². The highest BCUT2D eigenvalue weighted by Crippen LogP contribution is 2.28. The summed E-state index contributed by atoms with van der Waals surface area (Å²) in [6.07, 6.45) is -4.53. The predicted octanol–water partition coefficient (Wildman–Crippen LogP) is 3.86. The maximum absolute atomic E-state index is 12.1. The van der Waals surface area contributed by atoms with Crippen molar-refractivity contribution in [1.82, 2.24) is 0 Å². The summed E-state index contributed by atoms with van der Waals surface area (Å²) < 4.78 is 40.9. The number of rotatable bonds is 5. The number of nitroso groups, excluding NO2 is 1. The summed E-state index contributed by atoms with van der Waals surface area (Å²) in [5.74, 6) is -1.05. The number of Topliss-reactive ketones (excluding diaryl/α,β-unsaturated/α-hetero) is 1. The highest BCUT2D eigenvalue weighted by atomic mass is 19.4. The average Bonchev–Trinajstić information content (AvgIpc) is 2.34. The molecular weight excluding hydrogens is 263 g/mol. The lowest BCUT2D eigenvalue weighted by molar-refractivity contribution is -0.153. The SMILES string of the molecule is CC(C)C(=O)c1ccc(N=O)cc1OCC(F)(F)F. The van der Waals surface area contributed by atoms with E-state index < -0.39 is 18.7 Å². The largest absolute Gasteiger partial charge is 0.483 e. The Morgan fingerprint density at radius 2 is 2.00 bits per heavy atom. The van der Waals surface area contributed by atoms with Gasteiger partial charge >= 0.3 is 6.18 Å². The minimum absolute atomic E-state index is 0.00616. The van der Waals surface area contributed by atoms with Crippen molar-refractivity contribution in [3.8, 4) is 5.75 Å². The van der Waals surface area contributed by atoms with Gasteiger partial charge < -0.3 is 4.74 Å². The average molecular weight is 275 g/mol. The van der Waals surface area contributed by atoms with E-state index in [4.69, 9.17) is 0 Å². The van der Waals surface area contributed by atoms with Gasteiger partial charge in [0.2, 0.25) is 0 Å². The molecule has 0 N–H and O–H groups in total. The number of nitrogens with zero attached hydrogens (tertiary/aromatic N) is 1. The summed E-state index contributed by atoms with van der Waals surface area (Å²) >= 11 is 0. The van der Waals surface area contributed by atoms with Crippen LogP contribution in [0.2, 0.25) is 0 Å². The van der Waals surface area contributed by atoms with Crippen LogP contribution in [0.4, 0.5) is 18.9 Å². The Balaban J connectivity index is 3.09. The van der Waals surface area contributed by atoms with Gasteiger partial charge in [0.15, 0.2) is 12.4 Å². The second kappa shape index (κ2) is 5.81. The number of hydrogen-bond acceptors (Lipinski definition) is 4. The molecule has 0 aliphatic carbocycles. The number of carbonyl (C=O) groups excluding carboxylic acids is 1. The van der Waals surface area contributed by atoms with E-state index in [9.17, 15) is 22.9 Å². The number of alkyl halides is 3. The lowest BCUT2D eigenvalue weighted by Crippen LogP contribution is -2.20. The molecule has 0 saturated carbocycles. The van der Waals surface area contributed by atoms with Crippen LogP contribution >= 0.6 is 0 Å². The van der Waals surface area contributed by atoms with E-state index in [2.05, 4.69) is 9.91 Å². The van der Waals surface area contributed by atoms with E-state index in [0.29, 0.717) is 0 Å². The molecule has 0 saturated heterocycles. The van der Waals surface area contributed by atoms with Crippen molar-refractivity contribution in [3.63, 3.8) is 0 Å². The molecule has 0 bridgehead atoms. The molecule has 4 nitrogen and oxygen atoms in total. The second-order valence-electron chi connectivity index (χ2n) is 4.19. The third-order valence-corrected chi connectivity index (χ3v) is 2.25. The van der Waals surface area contributed by atoms with E-state index in [1.165, 1.54) is 12.1 Å². The molecule has 1 aromatic rings. The first kappa shape index (κ1) is 15.1. The van der Waals surface area contributed by atoms with Crippen molar-refractivity contribution in [2.75, 3.05) is 6.61 Å². The normalized spacial score (nSPS) is 11.5. The van der Waals surface area contributed by atoms with E-state index in [0.717, 1.165) is 6.07 Å². The summed E-state index contributed by atoms with van der Waals surface area (Å²) in [5.41, 5.74) is -0.0934. The maximum Gasteiger partial charge on any atom is 0.422 e. The van der Waals surface area contributed by atoms with Gasteiger partial charge in [-0.15, -0.1) is 4.91 Å². The van der Waals surface area contributed by atoms with E-state index in [1.807, 2.05) is 0 Å². The second-order valence-corrected chi connectivity index (χ2v) is 4.19. The van der Waals surface area contributed by atoms with Gasteiger partial charge in [0.05, 0.1) is 5.56 Å². The van der Waals surface area contributed by atoms with Crippen LogP contribution in [0.25, 0.3) is 0 Å². The van der Waals surface area contributed by atoms with Gasteiger partial charge in [-0.2, -0.15) is 13.2 Å². The molecule has 0 fully saturated rings. The lowest BCUT2D eigenvalue weighted by atomic mass is 10.00. The molecule has 0 atom stereocenters. The van der Waals surface area contributed by atoms with Crippen molar-refractivity contribution < 1.29 is 22.7 Å². The van der Waals surface area contributed by atoms with Gasteiger partial charge in [-0.05, 0) is 17.3 Å². The summed E-state index contributed by atoms with van der Waals surface area (Å²) in [5, 5.41) is 2.60. The minimum atomic E-state index is -4.53. The first-order valence-electron chi connectivity index (χ1n) is 5.46. The Morgan fingerprint density at radius 3 is 2.47 bits per heavy atom. The van der Waals surface area contributed by atoms with Crippen molar-refractivity contribution >= 4 is 11.5 Å². The quantitative estimate of drug-likeness (QED) is 0.605. The van der Waals surface area contributed by atoms with Crippen molar-refractivity contribution in [3.05, 3.63) is 28.7 Å². The van der Waals surface area contributed by atoms with Gasteiger partial charge in [-0.1, -0.05) is 13.8 Å². The van der Waals surface area contributed by atoms with Crippen LogP contribution < -0.4 is 4.74 Å². The zero-order valence-corrected chi connectivity index (χ0v) is 10.3. The Labute approximate surface area is 107 Å². The Hall–Kier alpha value is -1.92. The molecule has 104 valence electrons. The molecule has 0 unspecified atom stereocenters. The Bertz CT molecular complexity index is 484. The van der Waals surface area contributed by atoms with Gasteiger partial charge in [0.25, 0.3) is 0 Å². The van der Waals surface area contributed by atoms with Crippen LogP contribution in [-0.2, 0) is 0 Å². The number of halogens is 3. The summed E-state index contributed by atoms with van der Waals surface area (Å²) in [6, 6.07) is 3.52. The molecule has 1 rings (SSSR count). The molecule has 0 spiro atoms. The van der Waals surface area contributed by atoms with Gasteiger partial charge in [0.1, 0.15) is 11.4 Å². The molecule has 0 aromatic heterocycles. The number of ether oxygens (including phenoxy) is 1. The van der Waals surface area contributed by atoms with Crippen LogP contribution in [0, 0.1) is 10.8 Å². The summed E-state index contributed by atoms with van der Waals surface area (Å²) in [7, 11) is 0. The van der Waals surface area contributed by atoms with Crippen molar-refractivity contribution in [2.45, 2.75) is 20.0 Å². The number of benzene rings is 1. The predicted molar refractivity (Wildman–Crippen MR) is 62.6 cm³/mol. The van der Waals surface area contributed by atoms with E-state index in [1.54, 1.807) is 13.8 Å². The fourth-order valence-electron chi connectivity index (χ4n) is 1.36. The topological polar surface area (TPSA) is 55.7 Å². The lowest BCUT2D eigenvalue weighted by Gasteiger charge is -2.13. The van der Waals surface area contributed by atoms with Gasteiger partial charge in [-0.25, -0.2) is 0 Å². The molecule has 1 aromatic carbocycles. The van der Waals surface area contributed by atoms with Crippen molar-refractivity contribution in [2.24, 2.45) is 11.1 Å². The molecule has 7 heteroatoms. The highest BCUT2D eigenvalue weighted by molar-refractivity contribution is 6.00. The number of carbonyl (C=O) groups is 1. The summed E-state index contributed by atoms with van der Waals surface area (Å²) in [6.45, 7) is 1.69. The number of hydrogen-bond donors (Lipinski definition) is 0. The van der Waals surface area contributed by atoms with Gasteiger partial charge in [0, 0.05) is 12.0 Å². The van der Waals surface area contributed by atoms with Crippen molar-refractivity contribution in [1.29, 1.82) is 0 Å². The smallest absolute Gasteiger partial charge is 0.422 e. The molecule has 0 radical (unpaired) electrons. The van der Waals surface area contributed by atoms with Crippen LogP contribution in [-0.4, -0.2) is 18.6 Å². The fraction of sp³-hybridized carbons (Fsp3) is 0.417. The Morgan fingerprint density at radius 1 is 1.37 bits per heavy atom. The van der Waals surface area contributed by atoms with E-state index in [-0.39, 0.29) is 22.8 Å². The van der Waals surface area contributed by atoms with Crippen LogP contribution in [0.3, 0.4) is 0 Å². The Kier molecular flexibility index (Phi) is 4.63. The molecule has 19 heavy (non-hydrogen) atoms. The first-order valence-corrected chi connectivity index (χ1v) is 5.46. The third-order valence-electron chi connectivity index (χ3n) is 2.25. The molecule has 0 aliphatic rings. The zero-order chi connectivity index (χ0) is 14.6. The molecule has 0 amide bonds. The number of ketones is 1. The van der Waals surface area contributed by atoms with Crippen LogP contribution in [0.5, 0.6) is 5.75 Å². The van der Waals surface area contributed by atoms with Crippen LogP contribution in [0.1, 0.15) is 24.2 Å². The first-order chi connectivity index (χ1) is 8.74. The summed E-state index contributed by atoms with van der Waals surface area (Å²) in [4.78, 5) is 22.2. The minimum Gasteiger partial charge on any atom is -0.483 e. The van der Waals surface area contributed by atoms with Crippen LogP contribution in [0.15, 0.2) is 23.4 Å². The molecule has 0 heterocycles. The van der Waals surface area contributed by atoms with Gasteiger partial charge in [-0.3, -0.25) is 4.79 Å². The molecular formula is C12H12F3NO3. The zero-order valence-electron chi connectivity index (χ0n) is 10.3. The maximum atomic E-state index is 12.1. The molecule has 0 aliphatic heterocycles. The standard InChI is InChI=1S/C12H12F3NO3/c1-7(2)11(17)9-4-3-8(16-18)5-10(9)19-6-12(13,14)15/h3-5,7H,6H2,1-2H3. The monoisotopic (exact) mass is 275 g/mol. The highest BCUT2D eigenvalue weighted by Gasteiger charge is 2.29. The fourth-order valence-corrected chi connectivity index (χ4v) is 1.36. The third kappa shape index (κ3) is 4.35.